The van der Waals surface area contributed by atoms with Crippen molar-refractivity contribution >= 4 is 6.41 Å². The summed E-state index contributed by atoms with van der Waals surface area (Å²) >= 11 is 0. The molecule has 0 unspecified atom stereocenters. The molecule has 0 aromatic rings. The van der Waals surface area contributed by atoms with Gasteiger partial charge in [0.2, 0.25) is 0 Å². The number of carbonyl (C=O) groups excluding carboxylic acids is 1. The maximum absolute atomic E-state index is 9.81. The highest BCUT2D eigenvalue weighted by Gasteiger charge is 2.07. The average molecular weight is 144 g/mol. The van der Waals surface area contributed by atoms with E-state index < -0.39 is 0 Å². The van der Waals surface area contributed by atoms with Crippen LogP contribution in [0.1, 0.15) is 20.3 Å². The molecule has 3 heteroatoms. The lowest BCUT2D eigenvalue weighted by molar-refractivity contribution is 0.237. The van der Waals surface area contributed by atoms with Crippen LogP contribution in [-0.4, -0.2) is 24.2 Å². The second kappa shape index (κ2) is 5.23. The maximum atomic E-state index is 9.81. The number of hydrogen-bond donors (Lipinski definition) is 2. The zero-order valence-electron chi connectivity index (χ0n) is 6.42. The third kappa shape index (κ3) is 4.32. The van der Waals surface area contributed by atoms with Gasteiger partial charge in [-0.15, -0.1) is 0 Å². The quantitative estimate of drug-likeness (QED) is 0.536. The minimum absolute atomic E-state index is 0.00653. The summed E-state index contributed by atoms with van der Waals surface area (Å²) in [5, 5.41) is 11.1. The van der Waals surface area contributed by atoms with Crippen LogP contribution in [-0.2, 0) is 4.79 Å². The summed E-state index contributed by atoms with van der Waals surface area (Å²) in [5.41, 5.74) is 0. The summed E-state index contributed by atoms with van der Waals surface area (Å²) in [4.78, 5) is 9.81. The van der Waals surface area contributed by atoms with E-state index in [1.807, 2.05) is 13.8 Å². The van der Waals surface area contributed by atoms with Crippen LogP contribution in [0.25, 0.3) is 0 Å². The van der Waals surface area contributed by atoms with E-state index in [-0.39, 0.29) is 12.6 Å². The van der Waals surface area contributed by atoms with E-state index in [1.165, 1.54) is 0 Å². The Morgan fingerprint density at radius 1 is 1.60 bits per heavy atom. The van der Waals surface area contributed by atoms with Gasteiger partial charge in [-0.05, 0) is 12.3 Å². The number of hydrogen-bond acceptors (Lipinski definition) is 2. The largest absolute Gasteiger partial charge is 0.394 e. The SMILES string of the molecule is CC(C)C[C@H](CO)N[C]=O. The Morgan fingerprint density at radius 2 is 2.20 bits per heavy atom. The van der Waals surface area contributed by atoms with Gasteiger partial charge in [-0.3, -0.25) is 4.79 Å². The molecular weight excluding hydrogens is 130 g/mol. The van der Waals surface area contributed by atoms with Gasteiger partial charge < -0.3 is 10.4 Å². The zero-order valence-corrected chi connectivity index (χ0v) is 6.42. The number of aliphatic hydroxyl groups excluding tert-OH is 1. The van der Waals surface area contributed by atoms with Crippen LogP contribution >= 0.6 is 0 Å². The van der Waals surface area contributed by atoms with E-state index in [9.17, 15) is 4.79 Å². The minimum atomic E-state index is -0.127. The summed E-state index contributed by atoms with van der Waals surface area (Å²) in [5.74, 6) is 0.484. The molecule has 10 heavy (non-hydrogen) atoms. The van der Waals surface area contributed by atoms with Crippen molar-refractivity contribution in [1.29, 1.82) is 0 Å². The molecule has 0 aromatic heterocycles. The van der Waals surface area contributed by atoms with Crippen molar-refractivity contribution < 1.29 is 9.90 Å². The Labute approximate surface area is 61.4 Å². The summed E-state index contributed by atoms with van der Waals surface area (Å²) in [6.45, 7) is 4.07. The van der Waals surface area contributed by atoms with Crippen molar-refractivity contribution in [2.45, 2.75) is 26.3 Å². The normalized spacial score (nSPS) is 13.2. The molecule has 0 spiro atoms. The fraction of sp³-hybridized carbons (Fsp3) is 0.857. The molecular formula is C7H14NO2. The van der Waals surface area contributed by atoms with Crippen LogP contribution in [0.2, 0.25) is 0 Å². The third-order valence-electron chi connectivity index (χ3n) is 1.24. The van der Waals surface area contributed by atoms with Gasteiger partial charge in [-0.2, -0.15) is 0 Å². The van der Waals surface area contributed by atoms with E-state index in [2.05, 4.69) is 5.32 Å². The molecule has 1 amide bonds. The summed E-state index contributed by atoms with van der Waals surface area (Å²) in [6, 6.07) is -0.127. The molecule has 0 fully saturated rings. The standard InChI is InChI=1S/C7H14NO2/c1-6(2)3-7(4-9)8-5-10/h6-7,9H,3-4H2,1-2H3,(H,8,10)/t7-/m1/s1. The molecule has 1 radical (unpaired) electrons. The Morgan fingerprint density at radius 3 is 2.50 bits per heavy atom. The Balaban J connectivity index is 3.48. The van der Waals surface area contributed by atoms with Crippen LogP contribution < -0.4 is 5.32 Å². The molecule has 2 N–H and O–H groups in total. The number of nitrogens with one attached hydrogen (secondary N) is 1. The number of aliphatic hydroxyl groups is 1. The van der Waals surface area contributed by atoms with E-state index in [0.29, 0.717) is 5.92 Å². The van der Waals surface area contributed by atoms with Gasteiger partial charge in [0.25, 0.3) is 0 Å². The van der Waals surface area contributed by atoms with Crippen molar-refractivity contribution in [2.75, 3.05) is 6.61 Å². The number of rotatable bonds is 5. The molecule has 0 aliphatic rings. The predicted octanol–water partition coefficient (Wildman–Crippen LogP) is 0.0502. The first kappa shape index (κ1) is 9.43. The maximum Gasteiger partial charge on any atom is 0.309 e. The van der Waals surface area contributed by atoms with E-state index in [4.69, 9.17) is 5.11 Å². The monoisotopic (exact) mass is 144 g/mol. The van der Waals surface area contributed by atoms with E-state index in [0.717, 1.165) is 6.42 Å². The Hall–Kier alpha value is -0.570. The van der Waals surface area contributed by atoms with Crippen molar-refractivity contribution in [3.8, 4) is 0 Å². The average Bonchev–Trinajstić information content (AvgIpc) is 1.86. The van der Waals surface area contributed by atoms with Gasteiger partial charge in [-0.25, -0.2) is 0 Å². The third-order valence-corrected chi connectivity index (χ3v) is 1.24. The molecule has 0 aliphatic heterocycles. The predicted molar refractivity (Wildman–Crippen MR) is 39.2 cm³/mol. The molecule has 0 saturated heterocycles. The molecule has 1 atom stereocenters. The first-order chi connectivity index (χ1) is 4.70. The molecule has 0 saturated carbocycles. The highest BCUT2D eigenvalue weighted by Crippen LogP contribution is 2.02. The summed E-state index contributed by atoms with van der Waals surface area (Å²) in [7, 11) is 0. The lowest BCUT2D eigenvalue weighted by Gasteiger charge is -2.13. The van der Waals surface area contributed by atoms with Crippen LogP contribution in [0.4, 0.5) is 0 Å². The molecule has 0 rings (SSSR count). The topological polar surface area (TPSA) is 49.3 Å². The van der Waals surface area contributed by atoms with Gasteiger partial charge in [0, 0.05) is 0 Å². The van der Waals surface area contributed by atoms with Crippen molar-refractivity contribution in [3.05, 3.63) is 0 Å². The highest BCUT2D eigenvalue weighted by molar-refractivity contribution is 5.47. The lowest BCUT2D eigenvalue weighted by Crippen LogP contribution is -2.32. The van der Waals surface area contributed by atoms with Gasteiger partial charge in [0.1, 0.15) is 0 Å². The first-order valence-corrected chi connectivity index (χ1v) is 3.44. The fourth-order valence-corrected chi connectivity index (χ4v) is 0.831. The van der Waals surface area contributed by atoms with Gasteiger partial charge >= 0.3 is 6.41 Å². The van der Waals surface area contributed by atoms with Gasteiger partial charge in [-0.1, -0.05) is 13.8 Å². The molecule has 0 heterocycles. The second-order valence-corrected chi connectivity index (χ2v) is 2.76. The highest BCUT2D eigenvalue weighted by atomic mass is 16.3. The molecule has 0 aliphatic carbocycles. The Kier molecular flexibility index (Phi) is 4.94. The van der Waals surface area contributed by atoms with Crippen LogP contribution in [0.3, 0.4) is 0 Å². The van der Waals surface area contributed by atoms with Crippen molar-refractivity contribution in [2.24, 2.45) is 5.92 Å². The number of amides is 1. The molecule has 59 valence electrons. The van der Waals surface area contributed by atoms with Gasteiger partial charge in [0.05, 0.1) is 12.6 Å². The van der Waals surface area contributed by atoms with Crippen LogP contribution in [0, 0.1) is 5.92 Å². The smallest absolute Gasteiger partial charge is 0.309 e. The molecule has 0 aromatic carbocycles. The van der Waals surface area contributed by atoms with E-state index >= 15 is 0 Å². The first-order valence-electron chi connectivity index (χ1n) is 3.44. The lowest BCUT2D eigenvalue weighted by atomic mass is 10.1. The van der Waals surface area contributed by atoms with Crippen LogP contribution in [0.5, 0.6) is 0 Å². The fourth-order valence-electron chi connectivity index (χ4n) is 0.831. The van der Waals surface area contributed by atoms with E-state index in [1.54, 1.807) is 6.41 Å². The van der Waals surface area contributed by atoms with Crippen molar-refractivity contribution in [3.63, 3.8) is 0 Å². The summed E-state index contributed by atoms with van der Waals surface area (Å²) in [6.07, 6.45) is 2.36. The molecule has 0 bridgehead atoms. The Bertz CT molecular complexity index is 93.6. The van der Waals surface area contributed by atoms with Crippen LogP contribution in [0.15, 0.2) is 0 Å². The zero-order chi connectivity index (χ0) is 7.98. The summed E-state index contributed by atoms with van der Waals surface area (Å²) < 4.78 is 0. The minimum Gasteiger partial charge on any atom is -0.394 e. The van der Waals surface area contributed by atoms with Gasteiger partial charge in [0.15, 0.2) is 0 Å². The second-order valence-electron chi connectivity index (χ2n) is 2.76. The molecule has 3 nitrogen and oxygen atoms in total. The van der Waals surface area contributed by atoms with Crippen molar-refractivity contribution in [1.82, 2.24) is 5.32 Å².